The number of hydrogen-bond acceptors (Lipinski definition) is 0. The van der Waals surface area contributed by atoms with E-state index in [9.17, 15) is 4.39 Å². The molecule has 0 heterocycles. The summed E-state index contributed by atoms with van der Waals surface area (Å²) >= 11 is 9.34. The zero-order valence-electron chi connectivity index (χ0n) is 10.7. The molecule has 2 aromatic rings. The predicted octanol–water partition coefficient (Wildman–Crippen LogP) is 5.51. The van der Waals surface area contributed by atoms with E-state index in [0.29, 0.717) is 12.0 Å². The van der Waals surface area contributed by atoms with Crippen molar-refractivity contribution in [3.63, 3.8) is 0 Å². The Labute approximate surface area is 126 Å². The first-order valence-electron chi connectivity index (χ1n) is 6.17. The molecule has 0 amide bonds. The Hall–Kier alpha value is -0.860. The molecule has 0 aliphatic rings. The summed E-state index contributed by atoms with van der Waals surface area (Å²) in [5.41, 5.74) is 3.10. The number of hydrogen-bond donors (Lipinski definition) is 0. The molecule has 0 spiro atoms. The lowest BCUT2D eigenvalue weighted by atomic mass is 9.93. The van der Waals surface area contributed by atoms with Gasteiger partial charge in [0, 0.05) is 5.33 Å². The molecule has 0 saturated carbocycles. The van der Waals surface area contributed by atoms with Crippen LogP contribution in [0.2, 0.25) is 5.02 Å². The third kappa shape index (κ3) is 3.58. The third-order valence-electron chi connectivity index (χ3n) is 3.23. The number of aryl methyl sites for hydroxylation is 1. The van der Waals surface area contributed by atoms with Crippen LogP contribution >= 0.6 is 27.5 Å². The van der Waals surface area contributed by atoms with Crippen LogP contribution in [0.1, 0.15) is 22.6 Å². The van der Waals surface area contributed by atoms with E-state index >= 15 is 0 Å². The predicted molar refractivity (Wildman–Crippen MR) is 82.8 cm³/mol. The number of rotatable bonds is 4. The van der Waals surface area contributed by atoms with Crippen LogP contribution in [0.3, 0.4) is 0 Å². The van der Waals surface area contributed by atoms with E-state index in [1.165, 1.54) is 11.1 Å². The Morgan fingerprint density at radius 1 is 1.16 bits per heavy atom. The van der Waals surface area contributed by atoms with Crippen LogP contribution < -0.4 is 0 Å². The second-order valence-corrected chi connectivity index (χ2v) is 5.73. The monoisotopic (exact) mass is 340 g/mol. The first-order chi connectivity index (χ1) is 9.11. The van der Waals surface area contributed by atoms with E-state index in [1.807, 2.05) is 0 Å². The van der Waals surface area contributed by atoms with Gasteiger partial charge in [0.15, 0.2) is 0 Å². The minimum atomic E-state index is -0.303. The van der Waals surface area contributed by atoms with E-state index in [-0.39, 0.29) is 16.8 Å². The van der Waals surface area contributed by atoms with Crippen molar-refractivity contribution < 1.29 is 4.39 Å². The molecule has 0 aliphatic carbocycles. The van der Waals surface area contributed by atoms with E-state index in [4.69, 9.17) is 11.6 Å². The fourth-order valence-corrected chi connectivity index (χ4v) is 2.87. The van der Waals surface area contributed by atoms with Crippen LogP contribution in [0.4, 0.5) is 4.39 Å². The van der Waals surface area contributed by atoms with Crippen molar-refractivity contribution in [1.29, 1.82) is 0 Å². The summed E-state index contributed by atoms with van der Waals surface area (Å²) in [6, 6.07) is 13.5. The van der Waals surface area contributed by atoms with Gasteiger partial charge in [-0.05, 0) is 36.5 Å². The van der Waals surface area contributed by atoms with Crippen molar-refractivity contribution in [2.75, 3.05) is 5.33 Å². The van der Waals surface area contributed by atoms with Crippen LogP contribution in [-0.2, 0) is 6.42 Å². The molecule has 2 aromatic carbocycles. The quantitative estimate of drug-likeness (QED) is 0.643. The molecular formula is C16H15BrClF. The maximum absolute atomic E-state index is 13.9. The largest absolute Gasteiger partial charge is 0.205 e. The summed E-state index contributed by atoms with van der Waals surface area (Å²) in [5.74, 6) is -0.0594. The van der Waals surface area contributed by atoms with Crippen LogP contribution in [0.5, 0.6) is 0 Å². The topological polar surface area (TPSA) is 0 Å². The normalized spacial score (nSPS) is 12.4. The standard InChI is InChI=1S/C16H15BrClF/c1-11-5-7-12(8-6-11)14(10-17)9-13-3-2-4-15(18)16(13)19/h2-8,14H,9-10H2,1H3. The Kier molecular flexibility index (Phi) is 5.00. The summed E-state index contributed by atoms with van der Waals surface area (Å²) < 4.78 is 13.9. The lowest BCUT2D eigenvalue weighted by molar-refractivity contribution is 0.600. The van der Waals surface area contributed by atoms with Gasteiger partial charge in [-0.3, -0.25) is 0 Å². The van der Waals surface area contributed by atoms with Crippen LogP contribution in [-0.4, -0.2) is 5.33 Å². The number of halogens is 3. The molecule has 0 saturated heterocycles. The zero-order valence-corrected chi connectivity index (χ0v) is 13.0. The first-order valence-corrected chi connectivity index (χ1v) is 7.67. The van der Waals surface area contributed by atoms with Crippen molar-refractivity contribution in [3.8, 4) is 0 Å². The van der Waals surface area contributed by atoms with Crippen molar-refractivity contribution in [2.24, 2.45) is 0 Å². The van der Waals surface area contributed by atoms with Crippen molar-refractivity contribution in [3.05, 3.63) is 70.0 Å². The average molecular weight is 342 g/mol. The molecule has 100 valence electrons. The molecular weight excluding hydrogens is 327 g/mol. The minimum absolute atomic E-state index is 0.190. The molecule has 2 rings (SSSR count). The van der Waals surface area contributed by atoms with Gasteiger partial charge in [-0.15, -0.1) is 0 Å². The van der Waals surface area contributed by atoms with Crippen molar-refractivity contribution in [2.45, 2.75) is 19.3 Å². The Balaban J connectivity index is 2.24. The van der Waals surface area contributed by atoms with E-state index < -0.39 is 0 Å². The molecule has 0 N–H and O–H groups in total. The van der Waals surface area contributed by atoms with Gasteiger partial charge in [0.05, 0.1) is 5.02 Å². The highest BCUT2D eigenvalue weighted by atomic mass is 79.9. The molecule has 1 unspecified atom stereocenters. The van der Waals surface area contributed by atoms with Gasteiger partial charge in [0.1, 0.15) is 5.82 Å². The lowest BCUT2D eigenvalue weighted by Gasteiger charge is -2.15. The fraction of sp³-hybridized carbons (Fsp3) is 0.250. The lowest BCUT2D eigenvalue weighted by Crippen LogP contribution is -2.06. The molecule has 0 radical (unpaired) electrons. The maximum atomic E-state index is 13.9. The first kappa shape index (κ1) is 14.5. The zero-order chi connectivity index (χ0) is 13.8. The maximum Gasteiger partial charge on any atom is 0.144 e. The molecule has 0 fully saturated rings. The van der Waals surface area contributed by atoms with Gasteiger partial charge >= 0.3 is 0 Å². The third-order valence-corrected chi connectivity index (χ3v) is 4.31. The second kappa shape index (κ2) is 6.53. The number of benzene rings is 2. The number of alkyl halides is 1. The van der Waals surface area contributed by atoms with Crippen LogP contribution in [0, 0.1) is 12.7 Å². The van der Waals surface area contributed by atoms with E-state index in [1.54, 1.807) is 18.2 Å². The van der Waals surface area contributed by atoms with Gasteiger partial charge < -0.3 is 0 Å². The molecule has 1 atom stereocenters. The Morgan fingerprint density at radius 2 is 1.84 bits per heavy atom. The molecule has 3 heteroatoms. The molecule has 19 heavy (non-hydrogen) atoms. The highest BCUT2D eigenvalue weighted by Gasteiger charge is 2.14. The average Bonchev–Trinajstić information content (AvgIpc) is 2.42. The Bertz CT molecular complexity index is 551. The molecule has 0 aromatic heterocycles. The van der Waals surface area contributed by atoms with E-state index in [0.717, 1.165) is 5.33 Å². The van der Waals surface area contributed by atoms with E-state index in [2.05, 4.69) is 47.1 Å². The Morgan fingerprint density at radius 3 is 2.47 bits per heavy atom. The molecule has 0 nitrogen and oxygen atoms in total. The highest BCUT2D eigenvalue weighted by Crippen LogP contribution is 2.27. The smallest absolute Gasteiger partial charge is 0.144 e. The summed E-state index contributed by atoms with van der Waals surface area (Å²) in [4.78, 5) is 0. The highest BCUT2D eigenvalue weighted by molar-refractivity contribution is 9.09. The fourth-order valence-electron chi connectivity index (χ4n) is 2.07. The van der Waals surface area contributed by atoms with Gasteiger partial charge in [-0.2, -0.15) is 0 Å². The molecule has 0 aliphatic heterocycles. The molecule has 0 bridgehead atoms. The van der Waals surface area contributed by atoms with Gasteiger partial charge in [-0.1, -0.05) is 69.5 Å². The van der Waals surface area contributed by atoms with Crippen molar-refractivity contribution >= 4 is 27.5 Å². The van der Waals surface area contributed by atoms with Crippen LogP contribution in [0.15, 0.2) is 42.5 Å². The second-order valence-electron chi connectivity index (χ2n) is 4.68. The SMILES string of the molecule is Cc1ccc(C(CBr)Cc2cccc(Cl)c2F)cc1. The van der Waals surface area contributed by atoms with Crippen molar-refractivity contribution in [1.82, 2.24) is 0 Å². The summed E-state index contributed by atoms with van der Waals surface area (Å²) in [7, 11) is 0. The summed E-state index contributed by atoms with van der Waals surface area (Å²) in [5, 5.41) is 0.983. The van der Waals surface area contributed by atoms with Gasteiger partial charge in [0.25, 0.3) is 0 Å². The van der Waals surface area contributed by atoms with Gasteiger partial charge in [0.2, 0.25) is 0 Å². The summed E-state index contributed by atoms with van der Waals surface area (Å²) in [6.07, 6.45) is 0.640. The summed E-state index contributed by atoms with van der Waals surface area (Å²) in [6.45, 7) is 2.06. The van der Waals surface area contributed by atoms with Gasteiger partial charge in [-0.25, -0.2) is 4.39 Å². The minimum Gasteiger partial charge on any atom is -0.205 e. The van der Waals surface area contributed by atoms with Crippen LogP contribution in [0.25, 0.3) is 0 Å².